The second-order valence-corrected chi connectivity index (χ2v) is 6.41. The Kier molecular flexibility index (Phi) is 4.34. The molecule has 1 N–H and O–H groups in total. The van der Waals surface area contributed by atoms with Crippen LogP contribution in [0.2, 0.25) is 0 Å². The maximum absolute atomic E-state index is 11.7. The highest BCUT2D eigenvalue weighted by Gasteiger charge is 2.24. The van der Waals surface area contributed by atoms with Gasteiger partial charge in [-0.3, -0.25) is 4.79 Å². The number of aromatic nitrogens is 3. The fourth-order valence-electron chi connectivity index (χ4n) is 3.38. The van der Waals surface area contributed by atoms with Crippen molar-refractivity contribution < 1.29 is 0 Å². The minimum Gasteiger partial charge on any atom is -0.356 e. The summed E-state index contributed by atoms with van der Waals surface area (Å²) in [6, 6.07) is 5.79. The Morgan fingerprint density at radius 3 is 2.75 bits per heavy atom. The molecule has 1 atom stereocenters. The van der Waals surface area contributed by atoms with E-state index < -0.39 is 0 Å². The molecule has 6 heteroatoms. The van der Waals surface area contributed by atoms with Crippen LogP contribution in [-0.4, -0.2) is 28.0 Å². The number of aromatic amines is 1. The van der Waals surface area contributed by atoms with Crippen molar-refractivity contribution in [3.63, 3.8) is 0 Å². The van der Waals surface area contributed by atoms with E-state index in [4.69, 9.17) is 0 Å². The van der Waals surface area contributed by atoms with Crippen molar-refractivity contribution in [2.45, 2.75) is 39.5 Å². The molecule has 0 radical (unpaired) electrons. The van der Waals surface area contributed by atoms with Gasteiger partial charge in [0, 0.05) is 25.1 Å². The summed E-state index contributed by atoms with van der Waals surface area (Å²) in [6.07, 6.45) is 2.04. The summed E-state index contributed by atoms with van der Waals surface area (Å²) in [4.78, 5) is 25.7. The van der Waals surface area contributed by atoms with Gasteiger partial charge in [-0.05, 0) is 45.2 Å². The van der Waals surface area contributed by atoms with Crippen LogP contribution in [0.3, 0.4) is 0 Å². The standard InChI is InChI=1S/C18H21N5O/c1-11-7-17(20-12(2)15(11)9-19)23-6-4-5-14(10-23)16-8-18(24)22-13(3)21-16/h7-8,14H,4-6,10H2,1-3H3,(H,21,22,24). The SMILES string of the molecule is Cc1nc(C2CCCN(c3cc(C)c(C#N)c(C)n3)C2)cc(=O)[nH]1. The quantitative estimate of drug-likeness (QED) is 0.917. The normalized spacial score (nSPS) is 17.6. The molecule has 0 amide bonds. The van der Waals surface area contributed by atoms with E-state index in [-0.39, 0.29) is 11.5 Å². The van der Waals surface area contributed by atoms with Crippen LogP contribution in [0.25, 0.3) is 0 Å². The molecule has 0 spiro atoms. The Bertz CT molecular complexity index is 841. The molecule has 1 aliphatic rings. The summed E-state index contributed by atoms with van der Waals surface area (Å²) < 4.78 is 0. The van der Waals surface area contributed by atoms with Crippen LogP contribution in [0.15, 0.2) is 16.9 Å². The van der Waals surface area contributed by atoms with Gasteiger partial charge < -0.3 is 9.88 Å². The number of hydrogen-bond acceptors (Lipinski definition) is 5. The van der Waals surface area contributed by atoms with Gasteiger partial charge in [0.2, 0.25) is 0 Å². The summed E-state index contributed by atoms with van der Waals surface area (Å²) in [7, 11) is 0. The van der Waals surface area contributed by atoms with Gasteiger partial charge in [0.05, 0.1) is 17.0 Å². The van der Waals surface area contributed by atoms with E-state index in [0.29, 0.717) is 11.4 Å². The number of pyridine rings is 1. The van der Waals surface area contributed by atoms with Crippen molar-refractivity contribution in [1.82, 2.24) is 15.0 Å². The average Bonchev–Trinajstić information content (AvgIpc) is 2.54. The molecular formula is C18H21N5O. The van der Waals surface area contributed by atoms with Gasteiger partial charge in [-0.1, -0.05) is 0 Å². The second kappa shape index (κ2) is 6.44. The van der Waals surface area contributed by atoms with Crippen LogP contribution in [0.5, 0.6) is 0 Å². The molecular weight excluding hydrogens is 302 g/mol. The fraction of sp³-hybridized carbons (Fsp3) is 0.444. The predicted octanol–water partition coefficient (Wildman–Crippen LogP) is 2.35. The molecule has 124 valence electrons. The molecule has 1 fully saturated rings. The van der Waals surface area contributed by atoms with Crippen LogP contribution < -0.4 is 10.5 Å². The number of hydrogen-bond donors (Lipinski definition) is 1. The topological polar surface area (TPSA) is 85.7 Å². The van der Waals surface area contributed by atoms with Gasteiger partial charge in [-0.15, -0.1) is 0 Å². The zero-order valence-electron chi connectivity index (χ0n) is 14.3. The van der Waals surface area contributed by atoms with Gasteiger partial charge in [0.15, 0.2) is 0 Å². The molecule has 2 aromatic rings. The Morgan fingerprint density at radius 1 is 1.29 bits per heavy atom. The minimum atomic E-state index is -0.0992. The number of anilines is 1. The molecule has 1 aliphatic heterocycles. The number of piperidine rings is 1. The molecule has 3 rings (SSSR count). The van der Waals surface area contributed by atoms with Crippen molar-refractivity contribution in [3.05, 3.63) is 50.8 Å². The van der Waals surface area contributed by atoms with Gasteiger partial charge in [-0.25, -0.2) is 9.97 Å². The van der Waals surface area contributed by atoms with Crippen LogP contribution in [-0.2, 0) is 0 Å². The van der Waals surface area contributed by atoms with Crippen molar-refractivity contribution >= 4 is 5.82 Å². The molecule has 6 nitrogen and oxygen atoms in total. The third-order valence-electron chi connectivity index (χ3n) is 4.54. The van der Waals surface area contributed by atoms with E-state index in [1.54, 1.807) is 13.0 Å². The van der Waals surface area contributed by atoms with E-state index in [2.05, 4.69) is 25.9 Å². The maximum Gasteiger partial charge on any atom is 0.251 e. The molecule has 1 unspecified atom stereocenters. The van der Waals surface area contributed by atoms with Crippen molar-refractivity contribution in [3.8, 4) is 6.07 Å². The number of nitrogens with zero attached hydrogens (tertiary/aromatic N) is 4. The van der Waals surface area contributed by atoms with Crippen molar-refractivity contribution in [1.29, 1.82) is 5.26 Å². The number of nitrogens with one attached hydrogen (secondary N) is 1. The molecule has 0 aromatic carbocycles. The Balaban J connectivity index is 1.89. The first-order valence-corrected chi connectivity index (χ1v) is 8.19. The maximum atomic E-state index is 11.7. The smallest absolute Gasteiger partial charge is 0.251 e. The van der Waals surface area contributed by atoms with E-state index in [1.807, 2.05) is 19.9 Å². The predicted molar refractivity (Wildman–Crippen MR) is 92.2 cm³/mol. The zero-order valence-corrected chi connectivity index (χ0v) is 14.3. The summed E-state index contributed by atoms with van der Waals surface area (Å²) >= 11 is 0. The van der Waals surface area contributed by atoms with E-state index in [1.165, 1.54) is 0 Å². The van der Waals surface area contributed by atoms with Crippen molar-refractivity contribution in [2.75, 3.05) is 18.0 Å². The number of H-pyrrole nitrogens is 1. The number of rotatable bonds is 2. The largest absolute Gasteiger partial charge is 0.356 e. The first kappa shape index (κ1) is 16.2. The fourth-order valence-corrected chi connectivity index (χ4v) is 3.38. The van der Waals surface area contributed by atoms with E-state index in [9.17, 15) is 10.1 Å². The van der Waals surface area contributed by atoms with Gasteiger partial charge in [0.1, 0.15) is 17.7 Å². The Morgan fingerprint density at radius 2 is 2.08 bits per heavy atom. The van der Waals surface area contributed by atoms with Gasteiger partial charge >= 0.3 is 0 Å². The first-order valence-electron chi connectivity index (χ1n) is 8.19. The van der Waals surface area contributed by atoms with Gasteiger partial charge in [-0.2, -0.15) is 5.26 Å². The van der Waals surface area contributed by atoms with Crippen molar-refractivity contribution in [2.24, 2.45) is 0 Å². The Hall–Kier alpha value is -2.68. The van der Waals surface area contributed by atoms with Gasteiger partial charge in [0.25, 0.3) is 5.56 Å². The highest BCUT2D eigenvalue weighted by molar-refractivity contribution is 5.50. The number of nitriles is 1. The lowest BCUT2D eigenvalue weighted by atomic mass is 9.94. The molecule has 0 saturated carbocycles. The third kappa shape index (κ3) is 3.16. The summed E-state index contributed by atoms with van der Waals surface area (Å²) in [5.41, 5.74) is 3.12. The second-order valence-electron chi connectivity index (χ2n) is 6.41. The molecule has 1 saturated heterocycles. The number of aryl methyl sites for hydroxylation is 3. The average molecular weight is 323 g/mol. The molecule has 3 heterocycles. The minimum absolute atomic E-state index is 0.0992. The lowest BCUT2D eigenvalue weighted by Crippen LogP contribution is -2.36. The molecule has 24 heavy (non-hydrogen) atoms. The van der Waals surface area contributed by atoms with Crippen LogP contribution >= 0.6 is 0 Å². The highest BCUT2D eigenvalue weighted by atomic mass is 16.1. The first-order chi connectivity index (χ1) is 11.5. The monoisotopic (exact) mass is 323 g/mol. The Labute approximate surface area is 141 Å². The summed E-state index contributed by atoms with van der Waals surface area (Å²) in [5.74, 6) is 1.77. The summed E-state index contributed by atoms with van der Waals surface area (Å²) in [6.45, 7) is 7.34. The van der Waals surface area contributed by atoms with E-state index >= 15 is 0 Å². The summed E-state index contributed by atoms with van der Waals surface area (Å²) in [5, 5.41) is 9.20. The van der Waals surface area contributed by atoms with Crippen LogP contribution in [0, 0.1) is 32.1 Å². The zero-order chi connectivity index (χ0) is 17.3. The van der Waals surface area contributed by atoms with Crippen LogP contribution in [0.4, 0.5) is 5.82 Å². The highest BCUT2D eigenvalue weighted by Crippen LogP contribution is 2.29. The van der Waals surface area contributed by atoms with E-state index in [0.717, 1.165) is 48.7 Å². The lowest BCUT2D eigenvalue weighted by Gasteiger charge is -2.33. The lowest BCUT2D eigenvalue weighted by molar-refractivity contribution is 0.496. The molecule has 0 aliphatic carbocycles. The molecule has 2 aromatic heterocycles. The third-order valence-corrected chi connectivity index (χ3v) is 4.54. The molecule has 0 bridgehead atoms. The van der Waals surface area contributed by atoms with Crippen LogP contribution in [0.1, 0.15) is 47.1 Å².